The summed E-state index contributed by atoms with van der Waals surface area (Å²) in [5, 5.41) is 1.25. The van der Waals surface area contributed by atoms with Gasteiger partial charge in [-0.05, 0) is 66.8 Å². The zero-order valence-electron chi connectivity index (χ0n) is 12.4. The van der Waals surface area contributed by atoms with Crippen molar-refractivity contribution in [1.82, 2.24) is 0 Å². The smallest absolute Gasteiger partial charge is 0.0653 e. The molecule has 2 saturated carbocycles. The molecule has 2 aliphatic rings. The third kappa shape index (κ3) is 3.68. The van der Waals surface area contributed by atoms with Crippen LogP contribution in [0.2, 0.25) is 10.0 Å². The summed E-state index contributed by atoms with van der Waals surface area (Å²) in [4.78, 5) is 0. The van der Waals surface area contributed by atoms with Gasteiger partial charge in [0.15, 0.2) is 0 Å². The molecular formula is C18H20Cl2N2. The van der Waals surface area contributed by atoms with Gasteiger partial charge in [-0.2, -0.15) is 0 Å². The normalized spacial score (nSPS) is 16.8. The van der Waals surface area contributed by atoms with Gasteiger partial charge in [-0.3, -0.25) is 0 Å². The van der Waals surface area contributed by atoms with Crippen molar-refractivity contribution in [2.45, 2.75) is 37.5 Å². The third-order valence-corrected chi connectivity index (χ3v) is 4.69. The SMILES string of the molecule is Nc1c(Cl)cc(Cl)cc1C1CC1.Nc1ccccc1C1CC1. The van der Waals surface area contributed by atoms with Crippen molar-refractivity contribution in [1.29, 1.82) is 0 Å². The topological polar surface area (TPSA) is 52.0 Å². The molecule has 0 unspecified atom stereocenters. The summed E-state index contributed by atoms with van der Waals surface area (Å²) in [7, 11) is 0. The molecule has 0 aromatic heterocycles. The molecule has 4 rings (SSSR count). The molecular weight excluding hydrogens is 315 g/mol. The van der Waals surface area contributed by atoms with Crippen LogP contribution in [-0.2, 0) is 0 Å². The number of halogens is 2. The summed E-state index contributed by atoms with van der Waals surface area (Å²) >= 11 is 11.7. The van der Waals surface area contributed by atoms with Crippen LogP contribution in [0.4, 0.5) is 11.4 Å². The number of para-hydroxylation sites is 1. The Kier molecular flexibility index (Phi) is 4.51. The fourth-order valence-corrected chi connectivity index (χ4v) is 3.12. The third-order valence-electron chi connectivity index (χ3n) is 4.16. The van der Waals surface area contributed by atoms with Crippen molar-refractivity contribution >= 4 is 34.6 Å². The highest BCUT2D eigenvalue weighted by molar-refractivity contribution is 6.36. The number of rotatable bonds is 2. The molecule has 0 saturated heterocycles. The van der Waals surface area contributed by atoms with E-state index in [-0.39, 0.29) is 0 Å². The first kappa shape index (κ1) is 15.5. The lowest BCUT2D eigenvalue weighted by atomic mass is 10.1. The van der Waals surface area contributed by atoms with Crippen LogP contribution >= 0.6 is 23.2 Å². The Morgan fingerprint density at radius 3 is 2.00 bits per heavy atom. The first-order chi connectivity index (χ1) is 10.6. The molecule has 0 atom stereocenters. The maximum absolute atomic E-state index is 5.88. The summed E-state index contributed by atoms with van der Waals surface area (Å²) in [5.41, 5.74) is 15.7. The second kappa shape index (κ2) is 6.39. The zero-order valence-corrected chi connectivity index (χ0v) is 13.9. The van der Waals surface area contributed by atoms with E-state index in [2.05, 4.69) is 12.1 Å². The Hall–Kier alpha value is -1.38. The monoisotopic (exact) mass is 334 g/mol. The largest absolute Gasteiger partial charge is 0.398 e. The highest BCUT2D eigenvalue weighted by Gasteiger charge is 2.26. The Bertz CT molecular complexity index is 677. The van der Waals surface area contributed by atoms with E-state index in [1.54, 1.807) is 6.07 Å². The fourth-order valence-electron chi connectivity index (χ4n) is 2.61. The van der Waals surface area contributed by atoms with Gasteiger partial charge >= 0.3 is 0 Å². The summed E-state index contributed by atoms with van der Waals surface area (Å²) in [5.74, 6) is 1.38. The fraction of sp³-hybridized carbons (Fsp3) is 0.333. The Morgan fingerprint density at radius 2 is 1.41 bits per heavy atom. The molecule has 2 fully saturated rings. The maximum Gasteiger partial charge on any atom is 0.0653 e. The first-order valence-electron chi connectivity index (χ1n) is 7.65. The molecule has 4 N–H and O–H groups in total. The molecule has 0 amide bonds. The van der Waals surface area contributed by atoms with E-state index >= 15 is 0 Å². The lowest BCUT2D eigenvalue weighted by Crippen LogP contribution is -1.93. The quantitative estimate of drug-likeness (QED) is 0.702. The van der Waals surface area contributed by atoms with Crippen molar-refractivity contribution < 1.29 is 0 Å². The van der Waals surface area contributed by atoms with Gasteiger partial charge in [0.25, 0.3) is 0 Å². The van der Waals surface area contributed by atoms with E-state index in [0.29, 0.717) is 21.7 Å². The van der Waals surface area contributed by atoms with Crippen molar-refractivity contribution in [3.8, 4) is 0 Å². The summed E-state index contributed by atoms with van der Waals surface area (Å²) < 4.78 is 0. The minimum absolute atomic E-state index is 0.574. The van der Waals surface area contributed by atoms with E-state index in [0.717, 1.165) is 17.2 Å². The molecule has 0 heterocycles. The van der Waals surface area contributed by atoms with Gasteiger partial charge in [0.2, 0.25) is 0 Å². The van der Waals surface area contributed by atoms with Gasteiger partial charge in [-0.1, -0.05) is 41.4 Å². The average Bonchev–Trinajstić information content (AvgIpc) is 3.37. The van der Waals surface area contributed by atoms with Crippen LogP contribution in [0.15, 0.2) is 36.4 Å². The predicted molar refractivity (Wildman–Crippen MR) is 95.7 cm³/mol. The highest BCUT2D eigenvalue weighted by Crippen LogP contribution is 2.45. The van der Waals surface area contributed by atoms with Crippen LogP contribution in [0, 0.1) is 0 Å². The molecule has 2 aromatic carbocycles. The molecule has 2 aromatic rings. The van der Waals surface area contributed by atoms with Crippen LogP contribution in [0.25, 0.3) is 0 Å². The van der Waals surface area contributed by atoms with E-state index in [1.807, 2.05) is 18.2 Å². The second-order valence-corrected chi connectivity index (χ2v) is 6.91. The van der Waals surface area contributed by atoms with Gasteiger partial charge in [-0.25, -0.2) is 0 Å². The van der Waals surface area contributed by atoms with E-state index in [4.69, 9.17) is 34.7 Å². The average molecular weight is 335 g/mol. The van der Waals surface area contributed by atoms with Crippen LogP contribution in [0.1, 0.15) is 48.6 Å². The molecule has 0 spiro atoms. The van der Waals surface area contributed by atoms with Gasteiger partial charge in [0.05, 0.1) is 10.7 Å². The standard InChI is InChI=1S/C9H9Cl2N.C9H11N/c10-6-3-7(5-1-2-5)9(12)8(11)4-6;10-9-4-2-1-3-8(9)7-5-6-7/h3-5H,1-2,12H2;1-4,7H,5-6,10H2. The maximum atomic E-state index is 5.88. The summed E-state index contributed by atoms with van der Waals surface area (Å²) in [6.07, 6.45) is 5.07. The van der Waals surface area contributed by atoms with Gasteiger partial charge in [0, 0.05) is 10.7 Å². The lowest BCUT2D eigenvalue weighted by Gasteiger charge is -2.06. The molecule has 22 heavy (non-hydrogen) atoms. The Balaban J connectivity index is 0.000000133. The number of hydrogen-bond acceptors (Lipinski definition) is 2. The predicted octanol–water partition coefficient (Wildman–Crippen LogP) is 5.60. The van der Waals surface area contributed by atoms with Crippen LogP contribution in [0.5, 0.6) is 0 Å². The molecule has 0 radical (unpaired) electrons. The molecule has 0 aliphatic heterocycles. The highest BCUT2D eigenvalue weighted by atomic mass is 35.5. The Morgan fingerprint density at radius 1 is 0.818 bits per heavy atom. The minimum Gasteiger partial charge on any atom is -0.398 e. The molecule has 4 heteroatoms. The summed E-state index contributed by atoms with van der Waals surface area (Å²) in [6.45, 7) is 0. The van der Waals surface area contributed by atoms with Crippen molar-refractivity contribution in [2.75, 3.05) is 11.5 Å². The van der Waals surface area contributed by atoms with Crippen LogP contribution in [-0.4, -0.2) is 0 Å². The molecule has 2 nitrogen and oxygen atoms in total. The molecule has 2 aliphatic carbocycles. The summed E-state index contributed by atoms with van der Waals surface area (Å²) in [6, 6.07) is 11.8. The number of anilines is 2. The van der Waals surface area contributed by atoms with Gasteiger partial charge in [-0.15, -0.1) is 0 Å². The second-order valence-electron chi connectivity index (χ2n) is 6.07. The molecule has 0 bridgehead atoms. The molecule has 116 valence electrons. The van der Waals surface area contributed by atoms with E-state index in [1.165, 1.54) is 31.2 Å². The zero-order chi connectivity index (χ0) is 15.7. The minimum atomic E-state index is 0.574. The van der Waals surface area contributed by atoms with Crippen molar-refractivity contribution in [2.24, 2.45) is 0 Å². The van der Waals surface area contributed by atoms with Crippen molar-refractivity contribution in [3.63, 3.8) is 0 Å². The van der Waals surface area contributed by atoms with E-state index < -0.39 is 0 Å². The number of nitrogens with two attached hydrogens (primary N) is 2. The van der Waals surface area contributed by atoms with Crippen LogP contribution < -0.4 is 11.5 Å². The lowest BCUT2D eigenvalue weighted by molar-refractivity contribution is 1.14. The van der Waals surface area contributed by atoms with E-state index in [9.17, 15) is 0 Å². The number of nitrogen functional groups attached to an aromatic ring is 2. The Labute approximate surface area is 141 Å². The van der Waals surface area contributed by atoms with Gasteiger partial charge in [0.1, 0.15) is 0 Å². The van der Waals surface area contributed by atoms with Crippen molar-refractivity contribution in [3.05, 3.63) is 57.6 Å². The number of benzene rings is 2. The first-order valence-corrected chi connectivity index (χ1v) is 8.40. The van der Waals surface area contributed by atoms with Crippen LogP contribution in [0.3, 0.4) is 0 Å². The number of hydrogen-bond donors (Lipinski definition) is 2. The van der Waals surface area contributed by atoms with Gasteiger partial charge < -0.3 is 11.5 Å².